The van der Waals surface area contributed by atoms with E-state index in [0.29, 0.717) is 6.04 Å². The summed E-state index contributed by atoms with van der Waals surface area (Å²) in [7, 11) is 0. The number of hydrogen-bond donors (Lipinski definition) is 2. The lowest BCUT2D eigenvalue weighted by Gasteiger charge is -2.22. The van der Waals surface area contributed by atoms with E-state index in [0.717, 1.165) is 22.9 Å². The van der Waals surface area contributed by atoms with Crippen LogP contribution in [0.5, 0.6) is 5.75 Å². The monoisotopic (exact) mass is 473 g/mol. The van der Waals surface area contributed by atoms with E-state index >= 15 is 0 Å². The third kappa shape index (κ3) is 10.8. The number of carbonyl (C=O) groups is 1. The number of ether oxygens (including phenoxy) is 1. The van der Waals surface area contributed by atoms with Crippen molar-refractivity contribution in [2.45, 2.75) is 98.4 Å². The third-order valence-corrected chi connectivity index (χ3v) is 4.51. The average Bonchev–Trinajstić information content (AvgIpc) is 3.32. The van der Waals surface area contributed by atoms with Crippen molar-refractivity contribution in [1.82, 2.24) is 19.9 Å². The van der Waals surface area contributed by atoms with E-state index in [1.807, 2.05) is 63.6 Å². The predicted molar refractivity (Wildman–Crippen MR) is 125 cm³/mol. The summed E-state index contributed by atoms with van der Waals surface area (Å²) in [6.45, 7) is 13.0. The molecule has 0 aliphatic heterocycles. The van der Waals surface area contributed by atoms with Gasteiger partial charge in [0.15, 0.2) is 17.2 Å². The number of alkyl halides is 3. The predicted octanol–water partition coefficient (Wildman–Crippen LogP) is 5.67. The van der Waals surface area contributed by atoms with Crippen molar-refractivity contribution in [3.8, 4) is 5.75 Å². The molecule has 0 saturated heterocycles. The highest BCUT2D eigenvalue weighted by Gasteiger charge is 2.26. The van der Waals surface area contributed by atoms with E-state index in [1.165, 1.54) is 32.6 Å². The lowest BCUT2D eigenvalue weighted by Crippen LogP contribution is -2.25. The van der Waals surface area contributed by atoms with E-state index < -0.39 is 18.5 Å². The number of nitrogens with zero attached hydrogens (tertiary/aromatic N) is 3. The topological polar surface area (TPSA) is 80.5 Å². The Balaban J connectivity index is 0.000000386. The molecule has 1 amide bonds. The van der Waals surface area contributed by atoms with Crippen LogP contribution in [0, 0.1) is 6.92 Å². The van der Waals surface area contributed by atoms with Crippen LogP contribution in [-0.2, 0) is 4.79 Å². The van der Waals surface area contributed by atoms with Crippen LogP contribution >= 0.6 is 0 Å². The van der Waals surface area contributed by atoms with Crippen LogP contribution in [0.25, 0.3) is 5.65 Å². The van der Waals surface area contributed by atoms with Crippen molar-refractivity contribution in [3.63, 3.8) is 0 Å². The molecular weight excluding hydrogens is 435 g/mol. The second kappa shape index (κ2) is 12.6. The number of amides is 1. The number of anilines is 1. The molecule has 0 spiro atoms. The number of nitrogens with one attached hydrogen (secondary N) is 2. The summed E-state index contributed by atoms with van der Waals surface area (Å²) in [6, 6.07) is 2.51. The Kier molecular flexibility index (Phi) is 10.9. The maximum absolute atomic E-state index is 11.4. The van der Waals surface area contributed by atoms with Crippen LogP contribution < -0.4 is 15.4 Å². The number of imidazole rings is 1. The number of halogens is 3. The first-order valence-corrected chi connectivity index (χ1v) is 11.5. The Labute approximate surface area is 194 Å². The van der Waals surface area contributed by atoms with E-state index in [2.05, 4.69) is 15.4 Å². The van der Waals surface area contributed by atoms with E-state index in [1.54, 1.807) is 0 Å². The quantitative estimate of drug-likeness (QED) is 0.585. The first-order valence-electron chi connectivity index (χ1n) is 11.5. The van der Waals surface area contributed by atoms with Gasteiger partial charge in [-0.2, -0.15) is 13.2 Å². The van der Waals surface area contributed by atoms with E-state index in [9.17, 15) is 18.0 Å². The molecule has 2 aromatic heterocycles. The van der Waals surface area contributed by atoms with Crippen LogP contribution in [0.2, 0.25) is 0 Å². The Morgan fingerprint density at radius 1 is 1.21 bits per heavy atom. The van der Waals surface area contributed by atoms with Crippen LogP contribution in [0.15, 0.2) is 12.3 Å². The zero-order chi connectivity index (χ0) is 25.2. The van der Waals surface area contributed by atoms with Gasteiger partial charge in [-0.25, -0.2) is 9.50 Å². The summed E-state index contributed by atoms with van der Waals surface area (Å²) in [4.78, 5) is 14.5. The third-order valence-electron chi connectivity index (χ3n) is 4.51. The van der Waals surface area contributed by atoms with Crippen molar-refractivity contribution >= 4 is 17.4 Å². The molecule has 1 aliphatic rings. The molecule has 188 valence electrons. The fourth-order valence-electron chi connectivity index (χ4n) is 3.19. The van der Waals surface area contributed by atoms with Crippen LogP contribution in [0.1, 0.15) is 79.3 Å². The molecule has 7 nitrogen and oxygen atoms in total. The van der Waals surface area contributed by atoms with Crippen molar-refractivity contribution in [1.29, 1.82) is 0 Å². The fourth-order valence-corrected chi connectivity index (χ4v) is 3.19. The fraction of sp³-hybridized carbons (Fsp3) is 0.696. The highest BCUT2D eigenvalue weighted by molar-refractivity contribution is 5.72. The molecule has 2 aromatic rings. The van der Waals surface area contributed by atoms with Crippen LogP contribution in [0.4, 0.5) is 19.0 Å². The molecule has 2 heterocycles. The number of rotatable bonds is 5. The van der Waals surface area contributed by atoms with Gasteiger partial charge in [0.05, 0.1) is 18.3 Å². The van der Waals surface area contributed by atoms with Gasteiger partial charge in [0.1, 0.15) is 5.60 Å². The van der Waals surface area contributed by atoms with Gasteiger partial charge in [-0.05, 0) is 40.5 Å². The van der Waals surface area contributed by atoms with Gasteiger partial charge in [0.2, 0.25) is 5.91 Å². The molecule has 0 radical (unpaired) electrons. The van der Waals surface area contributed by atoms with Gasteiger partial charge in [-0.3, -0.25) is 4.79 Å². The summed E-state index contributed by atoms with van der Waals surface area (Å²) < 4.78 is 42.0. The summed E-state index contributed by atoms with van der Waals surface area (Å²) in [5, 5.41) is 10.2. The molecule has 0 unspecified atom stereocenters. The molecule has 1 fully saturated rings. The van der Waals surface area contributed by atoms with Crippen LogP contribution in [-0.4, -0.2) is 44.9 Å². The van der Waals surface area contributed by atoms with Crippen molar-refractivity contribution in [2.24, 2.45) is 0 Å². The smallest absolute Gasteiger partial charge is 0.390 e. The minimum Gasteiger partial charge on any atom is -0.484 e. The van der Waals surface area contributed by atoms with Crippen LogP contribution in [0.3, 0.4) is 0 Å². The standard InChI is InChI=1S/C16H24N4O.C5H8F3NO.C2H6/c1-11-10-17-15-13(21-16(2,3)4)9-14(19-20(11)15)18-12-7-5-6-8-12;1-4(10)9-3-2-5(6,7)8;1-2/h9-10,12H,5-8H2,1-4H3,(H,18,19);2-3H2,1H3,(H,9,10);1-2H3. The highest BCUT2D eigenvalue weighted by Crippen LogP contribution is 2.28. The zero-order valence-corrected chi connectivity index (χ0v) is 20.8. The van der Waals surface area contributed by atoms with Gasteiger partial charge in [-0.1, -0.05) is 26.7 Å². The first kappa shape index (κ1) is 28.5. The Morgan fingerprint density at radius 3 is 2.33 bits per heavy atom. The van der Waals surface area contributed by atoms with Gasteiger partial charge in [0.25, 0.3) is 0 Å². The summed E-state index contributed by atoms with van der Waals surface area (Å²) in [5.41, 5.74) is 1.53. The average molecular weight is 474 g/mol. The Morgan fingerprint density at radius 2 is 1.82 bits per heavy atom. The van der Waals surface area contributed by atoms with Crippen molar-refractivity contribution in [2.75, 3.05) is 11.9 Å². The number of fused-ring (bicyclic) bond motifs is 1. The molecule has 1 saturated carbocycles. The van der Waals surface area contributed by atoms with Gasteiger partial charge in [0, 0.05) is 25.6 Å². The summed E-state index contributed by atoms with van der Waals surface area (Å²) >= 11 is 0. The Bertz CT molecular complexity index is 869. The second-order valence-corrected chi connectivity index (χ2v) is 8.72. The molecule has 0 bridgehead atoms. The maximum Gasteiger partial charge on any atom is 0.390 e. The molecule has 33 heavy (non-hydrogen) atoms. The number of aryl methyl sites for hydroxylation is 1. The first-order chi connectivity index (χ1) is 15.3. The lowest BCUT2D eigenvalue weighted by atomic mass is 10.2. The van der Waals surface area contributed by atoms with Gasteiger partial charge in [-0.15, -0.1) is 5.10 Å². The highest BCUT2D eigenvalue weighted by atomic mass is 19.4. The Hall–Kier alpha value is -2.52. The number of aromatic nitrogens is 3. The van der Waals surface area contributed by atoms with Gasteiger partial charge >= 0.3 is 6.18 Å². The SMILES string of the molecule is CC.CC(=O)NCCC(F)(F)F.Cc1cnc2c(OC(C)(C)C)cc(NC3CCCC3)nn12. The van der Waals surface area contributed by atoms with E-state index in [4.69, 9.17) is 4.74 Å². The molecule has 10 heteroatoms. The molecule has 2 N–H and O–H groups in total. The van der Waals surface area contributed by atoms with Gasteiger partial charge < -0.3 is 15.4 Å². The van der Waals surface area contributed by atoms with Crippen molar-refractivity contribution in [3.05, 3.63) is 18.0 Å². The molecule has 3 rings (SSSR count). The summed E-state index contributed by atoms with van der Waals surface area (Å²) in [6.07, 6.45) is 1.73. The normalized spacial score (nSPS) is 14.1. The van der Waals surface area contributed by atoms with E-state index in [-0.39, 0.29) is 12.1 Å². The molecule has 0 aromatic carbocycles. The maximum atomic E-state index is 11.4. The zero-order valence-electron chi connectivity index (χ0n) is 20.8. The minimum atomic E-state index is -4.18. The number of carbonyl (C=O) groups excluding carboxylic acids is 1. The molecule has 1 aliphatic carbocycles. The molecule has 0 atom stereocenters. The van der Waals surface area contributed by atoms with Crippen molar-refractivity contribution < 1.29 is 22.7 Å². The largest absolute Gasteiger partial charge is 0.484 e. The summed E-state index contributed by atoms with van der Waals surface area (Å²) in [5.74, 6) is 1.21. The molecular formula is C23H38F3N5O2. The lowest BCUT2D eigenvalue weighted by molar-refractivity contribution is -0.135. The minimum absolute atomic E-state index is 0.258. The second-order valence-electron chi connectivity index (χ2n) is 8.72. The number of hydrogen-bond acceptors (Lipinski definition) is 5.